The van der Waals surface area contributed by atoms with Crippen molar-refractivity contribution in [3.05, 3.63) is 42.2 Å². The van der Waals surface area contributed by atoms with E-state index in [0.29, 0.717) is 10.8 Å². The number of nitrogens with one attached hydrogen (secondary N) is 2. The highest BCUT2D eigenvalue weighted by molar-refractivity contribution is 7.21. The molecule has 0 fully saturated rings. The monoisotopic (exact) mass is 331 g/mol. The Balaban J connectivity index is 1.72. The highest BCUT2D eigenvalue weighted by Gasteiger charge is 2.15. The van der Waals surface area contributed by atoms with E-state index >= 15 is 0 Å². The molecule has 0 saturated heterocycles. The fourth-order valence-electron chi connectivity index (χ4n) is 1.89. The first-order valence-electron chi connectivity index (χ1n) is 6.86. The third-order valence-electron chi connectivity index (χ3n) is 2.89. The molecule has 0 spiro atoms. The van der Waals surface area contributed by atoms with Gasteiger partial charge in [0, 0.05) is 0 Å². The average molecular weight is 331 g/mol. The number of hydrogen-bond donors (Lipinski definition) is 2. The van der Waals surface area contributed by atoms with E-state index in [1.54, 1.807) is 13.0 Å². The molecule has 3 rings (SSSR count). The quantitative estimate of drug-likeness (QED) is 0.720. The number of aromatic nitrogens is 1. The third kappa shape index (κ3) is 3.32. The summed E-state index contributed by atoms with van der Waals surface area (Å²) in [7, 11) is 0. The van der Waals surface area contributed by atoms with Gasteiger partial charge in [-0.05, 0) is 31.2 Å². The molecule has 23 heavy (non-hydrogen) atoms. The molecule has 0 radical (unpaired) electrons. The van der Waals surface area contributed by atoms with Crippen molar-refractivity contribution in [2.45, 2.75) is 6.92 Å². The number of carbonyl (C=O) groups is 2. The zero-order chi connectivity index (χ0) is 16.2. The number of carbonyl (C=O) groups excluding carboxylic acids is 2. The Morgan fingerprint density at radius 3 is 2.83 bits per heavy atom. The second kappa shape index (κ2) is 6.49. The number of hydrogen-bond acceptors (Lipinski definition) is 6. The van der Waals surface area contributed by atoms with Crippen molar-refractivity contribution in [1.82, 2.24) is 15.8 Å². The number of ether oxygens (including phenoxy) is 1. The number of amides is 2. The van der Waals surface area contributed by atoms with Crippen LogP contribution in [0, 0.1) is 0 Å². The molecule has 8 heteroatoms. The summed E-state index contributed by atoms with van der Waals surface area (Å²) in [6.07, 6.45) is -0.737. The molecule has 3 aromatic rings. The maximum Gasteiger partial charge on any atom is 0.426 e. The summed E-state index contributed by atoms with van der Waals surface area (Å²) < 4.78 is 11.2. The van der Waals surface area contributed by atoms with Crippen LogP contribution in [-0.2, 0) is 4.74 Å². The van der Waals surface area contributed by atoms with Crippen molar-refractivity contribution in [1.29, 1.82) is 0 Å². The summed E-state index contributed by atoms with van der Waals surface area (Å²) in [6.45, 7) is 1.88. The predicted octanol–water partition coefficient (Wildman–Crippen LogP) is 2.95. The lowest BCUT2D eigenvalue weighted by atomic mass is 10.3. The lowest BCUT2D eigenvalue weighted by Gasteiger charge is -2.05. The van der Waals surface area contributed by atoms with Gasteiger partial charge in [0.2, 0.25) is 0 Å². The van der Waals surface area contributed by atoms with E-state index in [1.165, 1.54) is 17.4 Å². The van der Waals surface area contributed by atoms with Gasteiger partial charge in [-0.3, -0.25) is 10.2 Å². The van der Waals surface area contributed by atoms with Crippen molar-refractivity contribution in [2.75, 3.05) is 6.61 Å². The molecule has 1 aromatic carbocycles. The van der Waals surface area contributed by atoms with E-state index in [0.717, 1.165) is 10.2 Å². The maximum absolute atomic E-state index is 11.9. The lowest BCUT2D eigenvalue weighted by Crippen LogP contribution is -2.41. The Morgan fingerprint density at radius 2 is 2.04 bits per heavy atom. The molecule has 0 aliphatic heterocycles. The summed E-state index contributed by atoms with van der Waals surface area (Å²) in [6, 6.07) is 10.9. The van der Waals surface area contributed by atoms with Crippen LogP contribution >= 0.6 is 11.3 Å². The molecule has 0 aliphatic carbocycles. The van der Waals surface area contributed by atoms with Crippen molar-refractivity contribution < 1.29 is 18.7 Å². The maximum atomic E-state index is 11.9. The smallest absolute Gasteiger partial charge is 0.426 e. The number of rotatable bonds is 3. The minimum absolute atomic E-state index is 0.0658. The highest BCUT2D eigenvalue weighted by Crippen LogP contribution is 2.30. The highest BCUT2D eigenvalue weighted by atomic mass is 32.1. The number of benzene rings is 1. The van der Waals surface area contributed by atoms with Gasteiger partial charge in [-0.1, -0.05) is 12.1 Å². The summed E-state index contributed by atoms with van der Waals surface area (Å²) in [5, 5.41) is 0.684. The number of nitrogens with zero attached hydrogens (tertiary/aromatic N) is 1. The van der Waals surface area contributed by atoms with E-state index in [9.17, 15) is 9.59 Å². The summed E-state index contributed by atoms with van der Waals surface area (Å²) in [5.74, 6) is -0.0195. The lowest BCUT2D eigenvalue weighted by molar-refractivity contribution is 0.0886. The molecule has 2 N–H and O–H groups in total. The van der Waals surface area contributed by atoms with Gasteiger partial charge < -0.3 is 9.15 Å². The molecular formula is C15H13N3O4S. The fourth-order valence-corrected chi connectivity index (χ4v) is 2.82. The largest absolute Gasteiger partial charge is 0.449 e. The first-order valence-corrected chi connectivity index (χ1v) is 7.68. The molecular weight excluding hydrogens is 318 g/mol. The van der Waals surface area contributed by atoms with Crippen LogP contribution in [0.1, 0.15) is 17.5 Å². The van der Waals surface area contributed by atoms with Crippen LogP contribution in [0.25, 0.3) is 21.0 Å². The molecule has 0 unspecified atom stereocenters. The van der Waals surface area contributed by atoms with Gasteiger partial charge in [-0.2, -0.15) is 0 Å². The fraction of sp³-hybridized carbons (Fsp3) is 0.133. The molecule has 2 heterocycles. The number of para-hydroxylation sites is 1. The zero-order valence-corrected chi connectivity index (χ0v) is 13.0. The second-order valence-electron chi connectivity index (χ2n) is 4.45. The SMILES string of the molecule is CCOC(=O)NNC(=O)c1ccc(-c2nc3ccccc3s2)o1. The van der Waals surface area contributed by atoms with Crippen LogP contribution in [0.5, 0.6) is 0 Å². The first-order chi connectivity index (χ1) is 11.2. The van der Waals surface area contributed by atoms with Gasteiger partial charge in [-0.25, -0.2) is 15.2 Å². The standard InChI is InChI=1S/C15H13N3O4S/c1-2-21-15(20)18-17-13(19)10-7-8-11(22-10)14-16-9-5-3-4-6-12(9)23-14/h3-8H,2H2,1H3,(H,17,19)(H,18,20). The molecule has 0 saturated carbocycles. The summed E-state index contributed by atoms with van der Waals surface area (Å²) in [5.41, 5.74) is 5.19. The molecule has 2 aromatic heterocycles. The van der Waals surface area contributed by atoms with E-state index in [2.05, 4.69) is 20.6 Å². The number of fused-ring (bicyclic) bond motifs is 1. The minimum Gasteiger partial charge on any atom is -0.449 e. The third-order valence-corrected chi connectivity index (χ3v) is 3.94. The zero-order valence-electron chi connectivity index (χ0n) is 12.2. The number of furan rings is 1. The number of hydrazine groups is 1. The Kier molecular flexibility index (Phi) is 4.24. The topological polar surface area (TPSA) is 93.5 Å². The van der Waals surface area contributed by atoms with E-state index in [-0.39, 0.29) is 12.4 Å². The van der Waals surface area contributed by atoms with Crippen LogP contribution in [-0.4, -0.2) is 23.6 Å². The van der Waals surface area contributed by atoms with Crippen molar-refractivity contribution >= 4 is 33.6 Å². The Bertz CT molecular complexity index is 822. The van der Waals surface area contributed by atoms with Crippen LogP contribution < -0.4 is 10.9 Å². The van der Waals surface area contributed by atoms with E-state index in [4.69, 9.17) is 4.42 Å². The van der Waals surface area contributed by atoms with Gasteiger partial charge in [0.05, 0.1) is 16.8 Å². The van der Waals surface area contributed by atoms with Gasteiger partial charge in [0.25, 0.3) is 0 Å². The van der Waals surface area contributed by atoms with Gasteiger partial charge >= 0.3 is 12.0 Å². The van der Waals surface area contributed by atoms with E-state index < -0.39 is 12.0 Å². The molecule has 7 nitrogen and oxygen atoms in total. The predicted molar refractivity (Wildman–Crippen MR) is 84.9 cm³/mol. The Labute approximate surface area is 135 Å². The molecule has 118 valence electrons. The second-order valence-corrected chi connectivity index (χ2v) is 5.48. The normalized spacial score (nSPS) is 10.5. The van der Waals surface area contributed by atoms with Crippen molar-refractivity contribution in [2.24, 2.45) is 0 Å². The summed E-state index contributed by atoms with van der Waals surface area (Å²) >= 11 is 1.47. The molecule has 0 bridgehead atoms. The van der Waals surface area contributed by atoms with Gasteiger partial charge in [0.1, 0.15) is 0 Å². The average Bonchev–Trinajstić information content (AvgIpc) is 3.19. The molecule has 0 aliphatic rings. The first kappa shape index (κ1) is 15.0. The van der Waals surface area contributed by atoms with Crippen LogP contribution in [0.3, 0.4) is 0 Å². The Morgan fingerprint density at radius 1 is 1.22 bits per heavy atom. The molecule has 2 amide bonds. The van der Waals surface area contributed by atoms with Crippen LogP contribution in [0.2, 0.25) is 0 Å². The number of thiazole rings is 1. The molecule has 0 atom stereocenters. The van der Waals surface area contributed by atoms with E-state index in [1.807, 2.05) is 24.3 Å². The van der Waals surface area contributed by atoms with Gasteiger partial charge in [0.15, 0.2) is 16.5 Å². The van der Waals surface area contributed by atoms with Crippen molar-refractivity contribution in [3.8, 4) is 10.8 Å². The summed E-state index contributed by atoms with van der Waals surface area (Å²) in [4.78, 5) is 27.5. The van der Waals surface area contributed by atoms with Crippen molar-refractivity contribution in [3.63, 3.8) is 0 Å². The van der Waals surface area contributed by atoms with Crippen LogP contribution in [0.4, 0.5) is 4.79 Å². The minimum atomic E-state index is -0.737. The van der Waals surface area contributed by atoms with Crippen LogP contribution in [0.15, 0.2) is 40.8 Å². The van der Waals surface area contributed by atoms with Gasteiger partial charge in [-0.15, -0.1) is 11.3 Å². The Hall–Kier alpha value is -2.87.